The first-order chi connectivity index (χ1) is 27.4. The van der Waals surface area contributed by atoms with E-state index < -0.39 is 67.4 Å². The molecule has 15 nitrogen and oxygen atoms in total. The van der Waals surface area contributed by atoms with Crippen LogP contribution in [-0.4, -0.2) is 150 Å². The maximum Gasteiger partial charge on any atom is 0.313 e. The molecule has 1 aromatic carbocycles. The maximum absolute atomic E-state index is 14.5. The fraction of sp³-hybridized carbons (Fsp3) is 0.738. The molecule has 0 spiro atoms. The predicted octanol–water partition coefficient (Wildman–Crippen LogP) is 3.93. The van der Waals surface area contributed by atoms with Gasteiger partial charge in [0.25, 0.3) is 0 Å². The number of carbonyl (C=O) groups is 4. The Morgan fingerprint density at radius 3 is 2.19 bits per heavy atom. The number of carboxylic acid groups (broad SMARTS) is 1. The number of ether oxygens (including phenoxy) is 2. The van der Waals surface area contributed by atoms with E-state index in [1.807, 2.05) is 13.8 Å². The Balaban J connectivity index is 1.84. The van der Waals surface area contributed by atoms with Crippen LogP contribution >= 0.6 is 7.37 Å². The number of likely N-dealkylation sites (N-methyl/N-ethyl adjacent to an activating group) is 1. The average molecular weight is 835 g/mol. The average Bonchev–Trinajstić information content (AvgIpc) is 3.67. The van der Waals surface area contributed by atoms with Crippen molar-refractivity contribution in [1.82, 2.24) is 25.3 Å². The normalized spacial score (nSPS) is 21.1. The van der Waals surface area contributed by atoms with E-state index in [4.69, 9.17) is 14.5 Å². The smallest absolute Gasteiger partial charge is 0.313 e. The number of nitrogens with zero attached hydrogens (tertiary/aromatic N) is 4. The third kappa shape index (κ3) is 13.1. The van der Waals surface area contributed by atoms with Crippen LogP contribution < -0.4 is 10.6 Å². The molecule has 1 aromatic rings. The summed E-state index contributed by atoms with van der Waals surface area (Å²) >= 11 is 0. The summed E-state index contributed by atoms with van der Waals surface area (Å²) in [6, 6.07) is 7.25. The first-order valence-electron chi connectivity index (χ1n) is 20.9. The second kappa shape index (κ2) is 22.9. The summed E-state index contributed by atoms with van der Waals surface area (Å²) in [5.74, 6) is -3.59. The Hall–Kier alpha value is -3.36. The van der Waals surface area contributed by atoms with Crippen LogP contribution in [0.25, 0.3) is 0 Å². The van der Waals surface area contributed by atoms with Gasteiger partial charge < -0.3 is 44.8 Å². The van der Waals surface area contributed by atoms with Crippen molar-refractivity contribution in [3.05, 3.63) is 35.9 Å². The molecule has 0 aliphatic carbocycles. The summed E-state index contributed by atoms with van der Waals surface area (Å²) in [5.41, 5.74) is 0.662. The number of likely N-dealkylation sites (tertiary alicyclic amines) is 1. The first kappa shape index (κ1) is 49.0. The minimum absolute atomic E-state index is 0.00763. The Labute approximate surface area is 346 Å². The SMILES string of the molecule is CC[C@H](C)[C@@H]([C@@H](CC(=O)N1CCC[C@H]1[C@H](OC)[C@@H](C)C(=O)N[C@@H](Cc1ccccc1)P(=O)(O)CC(=O)O)OC)N(C)C(=O)[C@@H](N=C(C(C)C)N1CCNCC1)C(C)C. The predicted molar refractivity (Wildman–Crippen MR) is 226 cm³/mol. The molecule has 2 heterocycles. The first-order valence-corrected chi connectivity index (χ1v) is 22.8. The van der Waals surface area contributed by atoms with Crippen molar-refractivity contribution < 1.29 is 43.2 Å². The number of carbonyl (C=O) groups excluding carboxylic acids is 3. The van der Waals surface area contributed by atoms with Gasteiger partial charge in [0.05, 0.1) is 36.6 Å². The molecular formula is C42H71N6O9P. The highest BCUT2D eigenvalue weighted by Crippen LogP contribution is 2.46. The highest BCUT2D eigenvalue weighted by molar-refractivity contribution is 7.59. The number of hydrogen-bond acceptors (Lipinski definition) is 9. The van der Waals surface area contributed by atoms with Crippen molar-refractivity contribution in [3.8, 4) is 0 Å². The van der Waals surface area contributed by atoms with E-state index in [2.05, 4.69) is 43.2 Å². The fourth-order valence-corrected chi connectivity index (χ4v) is 9.80. The molecule has 0 saturated carbocycles. The van der Waals surface area contributed by atoms with E-state index >= 15 is 0 Å². The van der Waals surface area contributed by atoms with Gasteiger partial charge in [-0.15, -0.1) is 0 Å². The highest BCUT2D eigenvalue weighted by atomic mass is 31.2. The van der Waals surface area contributed by atoms with Crippen LogP contribution in [0.3, 0.4) is 0 Å². The van der Waals surface area contributed by atoms with Gasteiger partial charge in [-0.3, -0.25) is 28.7 Å². The van der Waals surface area contributed by atoms with Crippen LogP contribution in [0.1, 0.15) is 79.7 Å². The van der Waals surface area contributed by atoms with Crippen LogP contribution in [0.15, 0.2) is 35.3 Å². The van der Waals surface area contributed by atoms with Crippen LogP contribution in [0.2, 0.25) is 0 Å². The minimum atomic E-state index is -4.39. The van der Waals surface area contributed by atoms with Crippen LogP contribution in [0.4, 0.5) is 0 Å². The molecule has 3 rings (SSSR count). The van der Waals surface area contributed by atoms with Crippen molar-refractivity contribution in [2.45, 2.75) is 117 Å². The van der Waals surface area contributed by atoms with E-state index in [0.717, 1.165) is 38.4 Å². The Morgan fingerprint density at radius 1 is 1.02 bits per heavy atom. The Kier molecular flexibility index (Phi) is 19.3. The van der Waals surface area contributed by atoms with E-state index in [1.54, 1.807) is 61.2 Å². The number of nitrogens with one attached hydrogen (secondary N) is 2. The van der Waals surface area contributed by atoms with Crippen LogP contribution in [0.5, 0.6) is 0 Å². The topological polar surface area (TPSA) is 190 Å². The maximum atomic E-state index is 14.5. The molecule has 0 bridgehead atoms. The zero-order valence-electron chi connectivity index (χ0n) is 36.4. The number of hydrogen-bond donors (Lipinski definition) is 4. The zero-order chi connectivity index (χ0) is 43.3. The van der Waals surface area contributed by atoms with Gasteiger partial charge in [-0.25, -0.2) is 0 Å². The zero-order valence-corrected chi connectivity index (χ0v) is 37.3. The lowest BCUT2D eigenvalue weighted by Crippen LogP contribution is -2.55. The van der Waals surface area contributed by atoms with Gasteiger partial charge in [0.15, 0.2) is 0 Å². The van der Waals surface area contributed by atoms with E-state index in [1.165, 1.54) is 7.11 Å². The molecule has 58 heavy (non-hydrogen) atoms. The van der Waals surface area contributed by atoms with Crippen molar-refractivity contribution in [2.75, 3.05) is 60.2 Å². The molecule has 328 valence electrons. The number of amidine groups is 1. The van der Waals surface area contributed by atoms with Gasteiger partial charge in [0.2, 0.25) is 25.1 Å². The Bertz CT molecular complexity index is 1570. The second-order valence-corrected chi connectivity index (χ2v) is 19.1. The summed E-state index contributed by atoms with van der Waals surface area (Å²) in [4.78, 5) is 75.9. The lowest BCUT2D eigenvalue weighted by Gasteiger charge is -2.40. The van der Waals surface area contributed by atoms with E-state index in [-0.39, 0.29) is 42.4 Å². The van der Waals surface area contributed by atoms with Crippen molar-refractivity contribution in [2.24, 2.45) is 28.7 Å². The number of aliphatic carboxylic acids is 1. The lowest BCUT2D eigenvalue weighted by atomic mass is 9.89. The van der Waals surface area contributed by atoms with Gasteiger partial charge >= 0.3 is 5.97 Å². The number of carboxylic acids is 1. The molecule has 2 aliphatic heterocycles. The number of benzene rings is 1. The quantitative estimate of drug-likeness (QED) is 0.0798. The Morgan fingerprint density at radius 2 is 1.66 bits per heavy atom. The van der Waals surface area contributed by atoms with Crippen molar-refractivity contribution >= 4 is 36.9 Å². The van der Waals surface area contributed by atoms with E-state index in [9.17, 15) is 33.7 Å². The molecule has 0 radical (unpaired) electrons. The summed E-state index contributed by atoms with van der Waals surface area (Å²) in [5, 5.41) is 15.4. The fourth-order valence-electron chi connectivity index (χ4n) is 8.37. The van der Waals surface area contributed by atoms with Crippen LogP contribution in [0, 0.1) is 23.7 Å². The largest absolute Gasteiger partial charge is 0.481 e. The van der Waals surface area contributed by atoms with Gasteiger partial charge in [0, 0.05) is 66.3 Å². The van der Waals surface area contributed by atoms with Gasteiger partial charge in [0.1, 0.15) is 23.8 Å². The number of aliphatic imine (C=N–C) groups is 1. The van der Waals surface area contributed by atoms with Gasteiger partial charge in [-0.2, -0.15) is 0 Å². The molecule has 2 aliphatic rings. The van der Waals surface area contributed by atoms with Gasteiger partial charge in [-0.05, 0) is 30.2 Å². The minimum Gasteiger partial charge on any atom is -0.481 e. The molecule has 4 N–H and O–H groups in total. The second-order valence-electron chi connectivity index (χ2n) is 16.7. The molecule has 16 heteroatoms. The monoisotopic (exact) mass is 835 g/mol. The number of rotatable bonds is 21. The number of amides is 3. The molecule has 9 atom stereocenters. The molecule has 1 unspecified atom stereocenters. The summed E-state index contributed by atoms with van der Waals surface area (Å²) in [7, 11) is 0.430. The number of methoxy groups -OCH3 is 2. The van der Waals surface area contributed by atoms with Crippen molar-refractivity contribution in [3.63, 3.8) is 0 Å². The lowest BCUT2D eigenvalue weighted by molar-refractivity contribution is -0.146. The summed E-state index contributed by atoms with van der Waals surface area (Å²) < 4.78 is 25.3. The van der Waals surface area contributed by atoms with Crippen molar-refractivity contribution in [1.29, 1.82) is 0 Å². The van der Waals surface area contributed by atoms with Gasteiger partial charge in [-0.1, -0.05) is 85.2 Å². The molecular weight excluding hydrogens is 763 g/mol. The molecule has 2 saturated heterocycles. The third-order valence-corrected chi connectivity index (χ3v) is 13.8. The molecule has 0 aromatic heterocycles. The third-order valence-electron chi connectivity index (χ3n) is 11.8. The molecule has 3 amide bonds. The number of piperazine rings is 1. The summed E-state index contributed by atoms with van der Waals surface area (Å²) in [6.07, 6.45) is -0.477. The van der Waals surface area contributed by atoms with E-state index in [0.29, 0.717) is 24.9 Å². The molecule has 2 fully saturated rings. The highest BCUT2D eigenvalue weighted by Gasteiger charge is 2.44. The van der Waals surface area contributed by atoms with Crippen LogP contribution in [-0.2, 0) is 39.6 Å². The summed E-state index contributed by atoms with van der Waals surface area (Å²) in [6.45, 7) is 17.8. The standard InChI is InChI=1S/C42H71N6O9P/c1-11-29(6)38(46(8)42(53)37(27(2)3)45-40(28(4)5)47-22-19-43-20-23-47)33(56-9)25-35(49)48-21-15-18-32(48)39(57-10)30(7)41(52)44-34(58(54,55)26-36(50)51)24-31-16-13-12-14-17-31/h12-14,16-17,27-30,32-34,37-39,43H,11,15,18-26H2,1-10H3,(H,44,52)(H,50,51)(H,54,55)/t29-,30+,32-,33+,34+,37-,38-,39+/m0/s1.